The maximum Gasteiger partial charge on any atom is 0.119 e. The smallest absolute Gasteiger partial charge is 0.119 e. The predicted octanol–water partition coefficient (Wildman–Crippen LogP) is 3.19. The van der Waals surface area contributed by atoms with Crippen LogP contribution in [0.2, 0.25) is 0 Å². The van der Waals surface area contributed by atoms with E-state index >= 15 is 0 Å². The van der Waals surface area contributed by atoms with Crippen molar-refractivity contribution in [3.63, 3.8) is 0 Å². The molecule has 0 aliphatic heterocycles. The van der Waals surface area contributed by atoms with Gasteiger partial charge in [-0.3, -0.25) is 11.3 Å². The van der Waals surface area contributed by atoms with Gasteiger partial charge < -0.3 is 9.47 Å². The average molecular weight is 280 g/mol. The first-order valence-corrected chi connectivity index (χ1v) is 7.41. The number of hydrogen-bond donors (Lipinski definition) is 2. The highest BCUT2D eigenvalue weighted by Gasteiger charge is 2.36. The fourth-order valence-corrected chi connectivity index (χ4v) is 2.59. The molecule has 1 aromatic carbocycles. The van der Waals surface area contributed by atoms with E-state index < -0.39 is 0 Å². The van der Waals surface area contributed by atoms with Crippen molar-refractivity contribution in [1.29, 1.82) is 0 Å². The predicted molar refractivity (Wildman–Crippen MR) is 82.6 cm³/mol. The van der Waals surface area contributed by atoms with E-state index in [0.29, 0.717) is 0 Å². The van der Waals surface area contributed by atoms with Crippen LogP contribution in [0.5, 0.6) is 5.75 Å². The standard InChI is InChI=1S/C16H28N2O2/c1-5-12-20-14-10-8-13(9-11-14)15(18-17)16(6-2,7-3)19-4/h8-11,15,18H,5-7,12,17H2,1-4H3. The van der Waals surface area contributed by atoms with E-state index in [1.807, 2.05) is 12.1 Å². The van der Waals surface area contributed by atoms with Crippen LogP contribution in [0.25, 0.3) is 0 Å². The van der Waals surface area contributed by atoms with Gasteiger partial charge in [0.05, 0.1) is 18.2 Å². The lowest BCUT2D eigenvalue weighted by atomic mass is 9.84. The molecule has 0 aromatic heterocycles. The summed E-state index contributed by atoms with van der Waals surface area (Å²) in [4.78, 5) is 0. The molecule has 1 unspecified atom stereocenters. The maximum atomic E-state index is 5.77. The Hall–Kier alpha value is -1.10. The second-order valence-electron chi connectivity index (χ2n) is 4.99. The fourth-order valence-electron chi connectivity index (χ4n) is 2.59. The molecule has 0 saturated carbocycles. The topological polar surface area (TPSA) is 56.5 Å². The molecule has 1 atom stereocenters. The summed E-state index contributed by atoms with van der Waals surface area (Å²) in [7, 11) is 1.75. The number of rotatable bonds is 9. The number of methoxy groups -OCH3 is 1. The molecule has 0 fully saturated rings. The highest BCUT2D eigenvalue weighted by atomic mass is 16.5. The van der Waals surface area contributed by atoms with E-state index in [1.165, 1.54) is 0 Å². The Morgan fingerprint density at radius 3 is 2.15 bits per heavy atom. The summed E-state index contributed by atoms with van der Waals surface area (Å²) in [5.74, 6) is 6.67. The number of hydrogen-bond acceptors (Lipinski definition) is 4. The van der Waals surface area contributed by atoms with E-state index in [0.717, 1.165) is 37.2 Å². The monoisotopic (exact) mass is 280 g/mol. The van der Waals surface area contributed by atoms with Crippen LogP contribution in [0.4, 0.5) is 0 Å². The largest absolute Gasteiger partial charge is 0.494 e. The third-order valence-corrected chi connectivity index (χ3v) is 3.98. The summed E-state index contributed by atoms with van der Waals surface area (Å²) in [5.41, 5.74) is 3.73. The third kappa shape index (κ3) is 3.72. The van der Waals surface area contributed by atoms with Gasteiger partial charge in [0, 0.05) is 7.11 Å². The van der Waals surface area contributed by atoms with Gasteiger partial charge in [-0.15, -0.1) is 0 Å². The highest BCUT2D eigenvalue weighted by Crippen LogP contribution is 2.34. The van der Waals surface area contributed by atoms with E-state index in [2.05, 4.69) is 38.3 Å². The highest BCUT2D eigenvalue weighted by molar-refractivity contribution is 5.30. The molecule has 0 saturated heterocycles. The Labute approximate surface area is 122 Å². The van der Waals surface area contributed by atoms with Crippen molar-refractivity contribution in [2.24, 2.45) is 5.84 Å². The molecule has 0 radical (unpaired) electrons. The molecule has 4 heteroatoms. The molecule has 1 rings (SSSR count). The van der Waals surface area contributed by atoms with Crippen molar-refractivity contribution in [2.45, 2.75) is 51.7 Å². The first kappa shape index (κ1) is 17.0. The lowest BCUT2D eigenvalue weighted by Gasteiger charge is -2.38. The Kier molecular flexibility index (Phi) is 6.99. The van der Waals surface area contributed by atoms with Gasteiger partial charge in [0.25, 0.3) is 0 Å². The molecule has 0 aliphatic carbocycles. The molecule has 114 valence electrons. The fraction of sp³-hybridized carbons (Fsp3) is 0.625. The van der Waals surface area contributed by atoms with E-state index in [9.17, 15) is 0 Å². The lowest BCUT2D eigenvalue weighted by Crippen LogP contribution is -2.47. The first-order valence-electron chi connectivity index (χ1n) is 7.41. The quantitative estimate of drug-likeness (QED) is 0.539. The van der Waals surface area contributed by atoms with Gasteiger partial charge in [-0.25, -0.2) is 0 Å². The van der Waals surface area contributed by atoms with Crippen molar-refractivity contribution < 1.29 is 9.47 Å². The molecular formula is C16H28N2O2. The van der Waals surface area contributed by atoms with Crippen LogP contribution in [-0.2, 0) is 4.74 Å². The van der Waals surface area contributed by atoms with Crippen molar-refractivity contribution >= 4 is 0 Å². The van der Waals surface area contributed by atoms with Crippen LogP contribution >= 0.6 is 0 Å². The number of hydrazine groups is 1. The number of ether oxygens (including phenoxy) is 2. The molecule has 20 heavy (non-hydrogen) atoms. The summed E-state index contributed by atoms with van der Waals surface area (Å²) < 4.78 is 11.4. The molecule has 0 spiro atoms. The third-order valence-electron chi connectivity index (χ3n) is 3.98. The van der Waals surface area contributed by atoms with Crippen LogP contribution in [0.1, 0.15) is 51.6 Å². The van der Waals surface area contributed by atoms with Crippen molar-refractivity contribution in [3.8, 4) is 5.75 Å². The summed E-state index contributed by atoms with van der Waals surface area (Å²) in [6.45, 7) is 7.08. The number of nitrogens with two attached hydrogens (primary N) is 1. The molecular weight excluding hydrogens is 252 g/mol. The minimum atomic E-state index is -0.291. The molecule has 3 N–H and O–H groups in total. The van der Waals surface area contributed by atoms with Gasteiger partial charge >= 0.3 is 0 Å². The summed E-state index contributed by atoms with van der Waals surface area (Å²) >= 11 is 0. The Bertz CT molecular complexity index is 366. The van der Waals surface area contributed by atoms with Crippen LogP contribution < -0.4 is 16.0 Å². The summed E-state index contributed by atoms with van der Waals surface area (Å²) in [6, 6.07) is 8.04. The van der Waals surface area contributed by atoms with Crippen LogP contribution in [0.15, 0.2) is 24.3 Å². The maximum absolute atomic E-state index is 5.77. The Balaban J connectivity index is 2.94. The number of nitrogens with one attached hydrogen (secondary N) is 1. The second-order valence-corrected chi connectivity index (χ2v) is 4.99. The van der Waals surface area contributed by atoms with Crippen molar-refractivity contribution in [2.75, 3.05) is 13.7 Å². The minimum Gasteiger partial charge on any atom is -0.494 e. The zero-order valence-electron chi connectivity index (χ0n) is 13.1. The molecule has 1 aromatic rings. The average Bonchev–Trinajstić information content (AvgIpc) is 2.51. The first-order chi connectivity index (χ1) is 9.67. The van der Waals surface area contributed by atoms with E-state index in [1.54, 1.807) is 7.11 Å². The second kappa shape index (κ2) is 8.25. The van der Waals surface area contributed by atoms with Gasteiger partial charge in [-0.05, 0) is 37.0 Å². The van der Waals surface area contributed by atoms with E-state index in [-0.39, 0.29) is 11.6 Å². The van der Waals surface area contributed by atoms with Gasteiger partial charge in [0.1, 0.15) is 5.75 Å². The van der Waals surface area contributed by atoms with Gasteiger partial charge in [0.2, 0.25) is 0 Å². The molecule has 4 nitrogen and oxygen atoms in total. The summed E-state index contributed by atoms with van der Waals surface area (Å²) in [6.07, 6.45) is 2.79. The molecule has 0 heterocycles. The van der Waals surface area contributed by atoms with Crippen molar-refractivity contribution in [3.05, 3.63) is 29.8 Å². The van der Waals surface area contributed by atoms with Crippen LogP contribution in [-0.4, -0.2) is 19.3 Å². The van der Waals surface area contributed by atoms with Crippen LogP contribution in [0.3, 0.4) is 0 Å². The van der Waals surface area contributed by atoms with Gasteiger partial charge in [-0.1, -0.05) is 32.9 Å². The zero-order valence-corrected chi connectivity index (χ0v) is 13.1. The lowest BCUT2D eigenvalue weighted by molar-refractivity contribution is -0.0486. The van der Waals surface area contributed by atoms with E-state index in [4.69, 9.17) is 15.3 Å². The molecule has 0 amide bonds. The molecule has 0 bridgehead atoms. The Morgan fingerprint density at radius 1 is 1.15 bits per heavy atom. The summed E-state index contributed by atoms with van der Waals surface area (Å²) in [5, 5.41) is 0. The number of benzene rings is 1. The van der Waals surface area contributed by atoms with Gasteiger partial charge in [0.15, 0.2) is 0 Å². The minimum absolute atomic E-state index is 0.0391. The molecule has 0 aliphatic rings. The zero-order chi connectivity index (χ0) is 15.0. The normalized spacial score (nSPS) is 13.2. The Morgan fingerprint density at radius 2 is 1.75 bits per heavy atom. The van der Waals surface area contributed by atoms with Gasteiger partial charge in [-0.2, -0.15) is 0 Å². The van der Waals surface area contributed by atoms with Crippen molar-refractivity contribution in [1.82, 2.24) is 5.43 Å². The SMILES string of the molecule is CCCOc1ccc(C(NN)C(CC)(CC)OC)cc1. The van der Waals surface area contributed by atoms with Crippen LogP contribution in [0, 0.1) is 0 Å².